The zero-order chi connectivity index (χ0) is 14.9. The minimum atomic E-state index is -2.65. The van der Waals surface area contributed by atoms with E-state index in [-0.39, 0.29) is 5.91 Å². The number of halogens is 1. The molecule has 5 nitrogen and oxygen atoms in total. The third-order valence-corrected chi connectivity index (χ3v) is 5.76. The summed E-state index contributed by atoms with van der Waals surface area (Å²) in [5, 5.41) is 2.86. The van der Waals surface area contributed by atoms with Crippen LogP contribution in [0.15, 0.2) is 0 Å². The molecule has 0 aromatic carbocycles. The highest BCUT2D eigenvalue weighted by molar-refractivity contribution is 9.10. The molecular formula is C12H26BrNO4Si. The maximum absolute atomic E-state index is 11.8. The van der Waals surface area contributed by atoms with E-state index < -0.39 is 13.1 Å². The van der Waals surface area contributed by atoms with Crippen molar-refractivity contribution in [3.8, 4) is 0 Å². The van der Waals surface area contributed by atoms with Gasteiger partial charge in [-0.3, -0.25) is 4.79 Å². The van der Waals surface area contributed by atoms with Gasteiger partial charge in [0.1, 0.15) is 0 Å². The lowest BCUT2D eigenvalue weighted by atomic mass is 10.2. The Labute approximate surface area is 125 Å². The van der Waals surface area contributed by atoms with Crippen LogP contribution in [0.5, 0.6) is 0 Å². The highest BCUT2D eigenvalue weighted by atomic mass is 79.9. The molecule has 0 unspecified atom stereocenters. The van der Waals surface area contributed by atoms with Crippen molar-refractivity contribution in [1.29, 1.82) is 0 Å². The second kappa shape index (κ2) is 9.07. The molecule has 1 N–H and O–H groups in total. The van der Waals surface area contributed by atoms with E-state index in [0.717, 1.165) is 0 Å². The van der Waals surface area contributed by atoms with Crippen molar-refractivity contribution in [2.75, 3.05) is 26.4 Å². The summed E-state index contributed by atoms with van der Waals surface area (Å²) in [6.07, 6.45) is 0. The van der Waals surface area contributed by atoms with E-state index in [2.05, 4.69) is 21.2 Å². The van der Waals surface area contributed by atoms with Crippen LogP contribution in [0.3, 0.4) is 0 Å². The van der Waals surface area contributed by atoms with E-state index in [1.165, 1.54) is 0 Å². The normalized spacial score (nSPS) is 12.5. The highest BCUT2D eigenvalue weighted by Crippen LogP contribution is 2.17. The summed E-state index contributed by atoms with van der Waals surface area (Å²) in [5.74, 6) is -0.0557. The third-order valence-electron chi connectivity index (χ3n) is 2.35. The molecule has 0 radical (unpaired) electrons. The second-order valence-corrected chi connectivity index (χ2v) is 9.17. The summed E-state index contributed by atoms with van der Waals surface area (Å²) in [6, 6.07) is 0.581. The molecule has 0 saturated heterocycles. The summed E-state index contributed by atoms with van der Waals surface area (Å²) in [7, 11) is -2.65. The van der Waals surface area contributed by atoms with Crippen molar-refractivity contribution in [3.63, 3.8) is 0 Å². The maximum atomic E-state index is 11.8. The Balaban J connectivity index is 4.44. The van der Waals surface area contributed by atoms with Gasteiger partial charge in [0.25, 0.3) is 0 Å². The van der Waals surface area contributed by atoms with Crippen LogP contribution in [0, 0.1) is 0 Å². The number of hydrogen-bond acceptors (Lipinski definition) is 4. The van der Waals surface area contributed by atoms with Crippen molar-refractivity contribution in [2.24, 2.45) is 0 Å². The van der Waals surface area contributed by atoms with E-state index in [9.17, 15) is 4.79 Å². The molecule has 0 fully saturated rings. The molecule has 0 aromatic heterocycles. The predicted octanol–water partition coefficient (Wildman–Crippen LogP) is 2.32. The summed E-state index contributed by atoms with van der Waals surface area (Å²) in [4.78, 5) is 11.8. The standard InChI is InChI=1S/C12H26BrNO4Si/c1-6-16-19(17-7-2,18-8-3)10-9-14-11(15)12(4,5)13/h6-10H2,1-5H3,(H,14,15). The van der Waals surface area contributed by atoms with Crippen molar-refractivity contribution in [1.82, 2.24) is 5.32 Å². The molecule has 0 aliphatic heterocycles. The quantitative estimate of drug-likeness (QED) is 0.482. The van der Waals surface area contributed by atoms with Crippen LogP contribution in [-0.2, 0) is 18.1 Å². The Morgan fingerprint density at radius 2 is 1.53 bits per heavy atom. The van der Waals surface area contributed by atoms with Crippen molar-refractivity contribution in [3.05, 3.63) is 0 Å². The molecule has 0 aromatic rings. The number of nitrogens with one attached hydrogen (secondary N) is 1. The Morgan fingerprint density at radius 1 is 1.11 bits per heavy atom. The zero-order valence-corrected chi connectivity index (χ0v) is 15.1. The fourth-order valence-electron chi connectivity index (χ4n) is 1.54. The van der Waals surface area contributed by atoms with E-state index in [4.69, 9.17) is 13.3 Å². The lowest BCUT2D eigenvalue weighted by Gasteiger charge is -2.28. The third kappa shape index (κ3) is 7.41. The van der Waals surface area contributed by atoms with Crippen molar-refractivity contribution in [2.45, 2.75) is 45.0 Å². The van der Waals surface area contributed by atoms with E-state index >= 15 is 0 Å². The predicted molar refractivity (Wildman–Crippen MR) is 81.5 cm³/mol. The Hall–Kier alpha value is 0.0469. The fourth-order valence-corrected chi connectivity index (χ4v) is 4.11. The second-order valence-electron chi connectivity index (χ2n) is 4.46. The maximum Gasteiger partial charge on any atom is 0.502 e. The number of rotatable bonds is 10. The van der Waals surface area contributed by atoms with Gasteiger partial charge in [-0.25, -0.2) is 0 Å². The lowest BCUT2D eigenvalue weighted by molar-refractivity contribution is -0.122. The van der Waals surface area contributed by atoms with E-state index in [1.807, 2.05) is 20.8 Å². The van der Waals surface area contributed by atoms with Crippen LogP contribution in [0.1, 0.15) is 34.6 Å². The summed E-state index contributed by atoms with van der Waals surface area (Å²) >= 11 is 3.32. The number of carbonyl (C=O) groups is 1. The molecule has 0 heterocycles. The van der Waals surface area contributed by atoms with E-state index in [0.29, 0.717) is 32.4 Å². The minimum absolute atomic E-state index is 0.0557. The van der Waals surface area contributed by atoms with Gasteiger partial charge in [0.05, 0.1) is 4.32 Å². The first-order chi connectivity index (χ1) is 8.81. The molecular weight excluding hydrogens is 330 g/mol. The molecule has 114 valence electrons. The van der Waals surface area contributed by atoms with E-state index in [1.54, 1.807) is 13.8 Å². The molecule has 0 bridgehead atoms. The van der Waals surface area contributed by atoms with Crippen LogP contribution >= 0.6 is 15.9 Å². The van der Waals surface area contributed by atoms with Crippen LogP contribution < -0.4 is 5.32 Å². The Bertz CT molecular complexity index is 254. The molecule has 0 saturated carbocycles. The molecule has 0 rings (SSSR count). The first-order valence-corrected chi connectivity index (χ1v) is 9.42. The average Bonchev–Trinajstić information content (AvgIpc) is 2.28. The van der Waals surface area contributed by atoms with Crippen LogP contribution in [0.2, 0.25) is 6.04 Å². The van der Waals surface area contributed by atoms with Gasteiger partial charge < -0.3 is 18.6 Å². The molecule has 0 atom stereocenters. The largest absolute Gasteiger partial charge is 0.502 e. The molecule has 1 amide bonds. The molecule has 0 spiro atoms. The van der Waals surface area contributed by atoms with Crippen molar-refractivity contribution < 1.29 is 18.1 Å². The Morgan fingerprint density at radius 3 is 1.84 bits per heavy atom. The minimum Gasteiger partial charge on any atom is -0.374 e. The number of carbonyl (C=O) groups excluding carboxylic acids is 1. The van der Waals surface area contributed by atoms with Gasteiger partial charge >= 0.3 is 8.80 Å². The van der Waals surface area contributed by atoms with Gasteiger partial charge in [0.15, 0.2) is 0 Å². The van der Waals surface area contributed by atoms with Gasteiger partial charge in [-0.05, 0) is 34.6 Å². The number of amides is 1. The topological polar surface area (TPSA) is 56.8 Å². The van der Waals surface area contributed by atoms with Gasteiger partial charge in [0.2, 0.25) is 5.91 Å². The highest BCUT2D eigenvalue weighted by Gasteiger charge is 2.40. The SMILES string of the molecule is CCO[Si](CCNC(=O)C(C)(C)Br)(OCC)OCC. The van der Waals surface area contributed by atoms with Gasteiger partial charge in [-0.1, -0.05) is 15.9 Å². The van der Waals surface area contributed by atoms with Gasteiger partial charge in [-0.2, -0.15) is 0 Å². The number of hydrogen-bond donors (Lipinski definition) is 1. The number of alkyl halides is 1. The molecule has 0 aliphatic carbocycles. The fraction of sp³-hybridized carbons (Fsp3) is 0.917. The molecule has 19 heavy (non-hydrogen) atoms. The van der Waals surface area contributed by atoms with Crippen LogP contribution in [0.4, 0.5) is 0 Å². The summed E-state index contributed by atoms with van der Waals surface area (Å²) in [5.41, 5.74) is 0. The smallest absolute Gasteiger partial charge is 0.374 e. The van der Waals surface area contributed by atoms with Gasteiger partial charge in [0, 0.05) is 32.4 Å². The molecule has 0 aliphatic rings. The van der Waals surface area contributed by atoms with Crippen LogP contribution in [0.25, 0.3) is 0 Å². The summed E-state index contributed by atoms with van der Waals surface area (Å²) in [6.45, 7) is 11.5. The van der Waals surface area contributed by atoms with Gasteiger partial charge in [-0.15, -0.1) is 0 Å². The Kier molecular flexibility index (Phi) is 9.09. The summed E-state index contributed by atoms with van der Waals surface area (Å²) < 4.78 is 16.6. The van der Waals surface area contributed by atoms with Crippen LogP contribution in [-0.4, -0.2) is 45.4 Å². The lowest BCUT2D eigenvalue weighted by Crippen LogP contribution is -2.49. The average molecular weight is 356 g/mol. The first kappa shape index (κ1) is 19.0. The van der Waals surface area contributed by atoms with Crippen molar-refractivity contribution >= 4 is 30.6 Å². The molecule has 7 heteroatoms. The zero-order valence-electron chi connectivity index (χ0n) is 12.5. The first-order valence-electron chi connectivity index (χ1n) is 6.70. The monoisotopic (exact) mass is 355 g/mol.